The van der Waals surface area contributed by atoms with Crippen LogP contribution in [-0.4, -0.2) is 80.2 Å². The van der Waals surface area contributed by atoms with Crippen molar-refractivity contribution in [3.05, 3.63) is 69.1 Å². The van der Waals surface area contributed by atoms with Crippen LogP contribution in [0.25, 0.3) is 10.8 Å². The molecule has 3 aromatic rings. The number of pyridine rings is 1. The molecular formula is C27H29ClN4O6S. The molecule has 0 aliphatic carbocycles. The lowest BCUT2D eigenvalue weighted by Gasteiger charge is -2.33. The number of hydrogen-bond acceptors (Lipinski definition) is 8. The highest BCUT2D eigenvalue weighted by atomic mass is 35.5. The number of nitrogens with one attached hydrogen (secondary N) is 2. The number of fused-ring (bicyclic) bond motifs is 1. The maximum Gasteiger partial charge on any atom is 0.255 e. The first kappa shape index (κ1) is 27.3. The molecule has 2 aliphatic rings. The molecule has 2 aromatic carbocycles. The highest BCUT2D eigenvalue weighted by molar-refractivity contribution is 7.90. The number of nitrogens with zero attached hydrogens (tertiary/aromatic N) is 2. The van der Waals surface area contributed by atoms with Crippen LogP contribution in [-0.2, 0) is 9.84 Å². The summed E-state index contributed by atoms with van der Waals surface area (Å²) in [5.74, 6) is 0.250. The Morgan fingerprint density at radius 3 is 2.64 bits per heavy atom. The molecule has 1 amide bonds. The number of aliphatic hydroxyl groups excluding tert-OH is 1. The van der Waals surface area contributed by atoms with Crippen LogP contribution >= 0.6 is 11.6 Å². The number of ether oxygens (including phenoxy) is 1. The lowest BCUT2D eigenvalue weighted by Crippen LogP contribution is -2.45. The van der Waals surface area contributed by atoms with E-state index in [0.717, 1.165) is 43.5 Å². The predicted molar refractivity (Wildman–Crippen MR) is 149 cm³/mol. The molecule has 2 atom stereocenters. The zero-order valence-corrected chi connectivity index (χ0v) is 22.8. The first-order valence-electron chi connectivity index (χ1n) is 12.6. The van der Waals surface area contributed by atoms with Gasteiger partial charge in [0.05, 0.1) is 16.6 Å². The fraction of sp³-hybridized carbons (Fsp3) is 0.370. The third-order valence-electron chi connectivity index (χ3n) is 6.94. The number of aliphatic imine (C=N–C) groups is 1. The van der Waals surface area contributed by atoms with Crippen LogP contribution in [0.1, 0.15) is 34.8 Å². The molecule has 2 aliphatic heterocycles. The van der Waals surface area contributed by atoms with Gasteiger partial charge >= 0.3 is 0 Å². The molecule has 0 spiro atoms. The quantitative estimate of drug-likeness (QED) is 0.357. The fourth-order valence-corrected chi connectivity index (χ4v) is 5.68. The molecule has 39 heavy (non-hydrogen) atoms. The van der Waals surface area contributed by atoms with Crippen molar-refractivity contribution in [1.29, 1.82) is 0 Å². The normalized spacial score (nSPS) is 18.7. The molecule has 0 saturated carbocycles. The number of aromatic nitrogens is 1. The number of carbonyl (C=O) groups is 1. The van der Waals surface area contributed by atoms with Crippen LogP contribution in [0.5, 0.6) is 5.75 Å². The van der Waals surface area contributed by atoms with Crippen LogP contribution in [0, 0.1) is 0 Å². The lowest BCUT2D eigenvalue weighted by molar-refractivity contribution is 0.0594. The molecule has 1 unspecified atom stereocenters. The SMILES string of the molecule is CS(=O)(=O)c1ccc2c(C(=O)NC[C@@H](O)CN3CCC(Oc4ccc(C5C=N5)c(Cl)c4)CC3)c[nH]c(=O)c2c1. The van der Waals surface area contributed by atoms with Gasteiger partial charge in [0.1, 0.15) is 17.9 Å². The topological polar surface area (TPSA) is 141 Å². The Morgan fingerprint density at radius 1 is 1.23 bits per heavy atom. The number of rotatable bonds is 9. The van der Waals surface area contributed by atoms with Crippen LogP contribution in [0.3, 0.4) is 0 Å². The van der Waals surface area contributed by atoms with Gasteiger partial charge in [-0.1, -0.05) is 23.7 Å². The maximum absolute atomic E-state index is 12.8. The van der Waals surface area contributed by atoms with Crippen molar-refractivity contribution in [2.24, 2.45) is 4.99 Å². The molecule has 5 rings (SSSR count). The van der Waals surface area contributed by atoms with Crippen LogP contribution < -0.4 is 15.6 Å². The molecule has 3 heterocycles. The van der Waals surface area contributed by atoms with Gasteiger partial charge in [-0.3, -0.25) is 14.6 Å². The summed E-state index contributed by atoms with van der Waals surface area (Å²) >= 11 is 6.35. The van der Waals surface area contributed by atoms with Gasteiger partial charge in [-0.05, 0) is 37.1 Å². The van der Waals surface area contributed by atoms with Crippen molar-refractivity contribution in [3.8, 4) is 5.75 Å². The molecule has 10 nitrogen and oxygen atoms in total. The minimum atomic E-state index is -3.51. The van der Waals surface area contributed by atoms with E-state index in [0.29, 0.717) is 17.0 Å². The average Bonchev–Trinajstić information content (AvgIpc) is 3.73. The lowest BCUT2D eigenvalue weighted by atomic mass is 10.1. The smallest absolute Gasteiger partial charge is 0.255 e. The number of β-amino-alcohol motifs (C(OH)–C–C–N with tert-alkyl or cyclic N) is 1. The Kier molecular flexibility index (Phi) is 7.77. The summed E-state index contributed by atoms with van der Waals surface area (Å²) < 4.78 is 29.8. The second-order valence-corrected chi connectivity index (χ2v) is 12.3. The summed E-state index contributed by atoms with van der Waals surface area (Å²) in [6.45, 7) is 1.89. The Balaban J connectivity index is 1.11. The number of likely N-dealkylation sites (tertiary alicyclic amines) is 1. The average molecular weight is 573 g/mol. The van der Waals surface area contributed by atoms with Gasteiger partial charge in [-0.15, -0.1) is 0 Å². The van der Waals surface area contributed by atoms with Crippen LogP contribution in [0.15, 0.2) is 57.3 Å². The molecule has 206 valence electrons. The summed E-state index contributed by atoms with van der Waals surface area (Å²) in [6.07, 6.45) is 5.03. The molecule has 0 bridgehead atoms. The van der Waals surface area contributed by atoms with E-state index >= 15 is 0 Å². The minimum absolute atomic E-state index is 0.00645. The number of benzene rings is 2. The van der Waals surface area contributed by atoms with Gasteiger partial charge in [-0.2, -0.15) is 0 Å². The number of halogens is 1. The van der Waals surface area contributed by atoms with E-state index in [1.54, 1.807) is 0 Å². The molecule has 12 heteroatoms. The van der Waals surface area contributed by atoms with E-state index in [2.05, 4.69) is 20.2 Å². The Labute approximate surface area is 230 Å². The number of hydrogen-bond donors (Lipinski definition) is 3. The van der Waals surface area contributed by atoms with Gasteiger partial charge in [0.15, 0.2) is 9.84 Å². The first-order valence-corrected chi connectivity index (χ1v) is 14.9. The number of aliphatic hydroxyl groups is 1. The van der Waals surface area contributed by atoms with Crippen molar-refractivity contribution in [2.75, 3.05) is 32.4 Å². The van der Waals surface area contributed by atoms with Gasteiger partial charge in [0, 0.05) is 66.2 Å². The van der Waals surface area contributed by atoms with Gasteiger partial charge in [0.25, 0.3) is 11.5 Å². The number of H-pyrrole nitrogens is 1. The largest absolute Gasteiger partial charge is 0.490 e. The van der Waals surface area contributed by atoms with Crippen molar-refractivity contribution in [2.45, 2.75) is 36.0 Å². The Bertz CT molecular complexity index is 1590. The number of sulfone groups is 1. The molecule has 1 aromatic heterocycles. The van der Waals surface area contributed by atoms with Crippen LogP contribution in [0.2, 0.25) is 5.02 Å². The second-order valence-electron chi connectivity index (χ2n) is 9.92. The molecule has 0 radical (unpaired) electrons. The third kappa shape index (κ3) is 6.50. The number of carbonyl (C=O) groups excluding carboxylic acids is 1. The first-order chi connectivity index (χ1) is 18.6. The van der Waals surface area contributed by atoms with Crippen molar-refractivity contribution in [3.63, 3.8) is 0 Å². The van der Waals surface area contributed by atoms with E-state index in [9.17, 15) is 23.1 Å². The highest BCUT2D eigenvalue weighted by Gasteiger charge is 2.24. The van der Waals surface area contributed by atoms with Gasteiger partial charge in [-0.25, -0.2) is 8.42 Å². The van der Waals surface area contributed by atoms with Gasteiger partial charge in [0.2, 0.25) is 0 Å². The predicted octanol–water partition coefficient (Wildman–Crippen LogP) is 2.34. The monoisotopic (exact) mass is 572 g/mol. The Hall–Kier alpha value is -3.25. The molecular weight excluding hydrogens is 544 g/mol. The highest BCUT2D eigenvalue weighted by Crippen LogP contribution is 2.33. The summed E-state index contributed by atoms with van der Waals surface area (Å²) in [7, 11) is -3.51. The van der Waals surface area contributed by atoms with Crippen molar-refractivity contribution >= 4 is 44.3 Å². The van der Waals surface area contributed by atoms with E-state index < -0.39 is 27.4 Å². The van der Waals surface area contributed by atoms with Crippen molar-refractivity contribution < 1.29 is 23.1 Å². The number of aromatic amines is 1. The summed E-state index contributed by atoms with van der Waals surface area (Å²) in [6, 6.07) is 9.85. The number of piperidine rings is 1. The van der Waals surface area contributed by atoms with Crippen LogP contribution in [0.4, 0.5) is 0 Å². The maximum atomic E-state index is 12.8. The molecule has 1 fully saturated rings. The van der Waals surface area contributed by atoms with E-state index in [-0.39, 0.29) is 34.5 Å². The Morgan fingerprint density at radius 2 is 1.97 bits per heavy atom. The summed E-state index contributed by atoms with van der Waals surface area (Å²) in [5, 5.41) is 14.3. The zero-order valence-electron chi connectivity index (χ0n) is 21.3. The van der Waals surface area contributed by atoms with E-state index in [1.807, 2.05) is 24.4 Å². The molecule has 1 saturated heterocycles. The zero-order chi connectivity index (χ0) is 27.7. The minimum Gasteiger partial charge on any atom is -0.490 e. The third-order valence-corrected chi connectivity index (χ3v) is 8.38. The van der Waals surface area contributed by atoms with Crippen molar-refractivity contribution in [1.82, 2.24) is 15.2 Å². The van der Waals surface area contributed by atoms with E-state index in [1.165, 1.54) is 24.4 Å². The van der Waals surface area contributed by atoms with E-state index in [4.69, 9.17) is 16.3 Å². The summed E-state index contributed by atoms with van der Waals surface area (Å²) in [4.78, 5) is 33.8. The second kappa shape index (κ2) is 11.1. The van der Waals surface area contributed by atoms with Gasteiger partial charge < -0.3 is 25.0 Å². The number of amides is 1. The molecule has 3 N–H and O–H groups in total. The fourth-order valence-electron chi connectivity index (χ4n) is 4.75. The standard InChI is InChI=1S/C27H29ClN4O6S/c1-39(36,37)19-3-5-20-22(11-19)26(34)31-13-23(20)27(35)30-12-16(33)15-32-8-6-17(7-9-32)38-18-2-4-21(24(28)10-18)25-14-29-25/h2-5,10-11,13-14,16-17,25,33H,6-9,12,15H2,1H3,(H,30,35)(H,31,34)/t16-,25?/m1/s1. The summed E-state index contributed by atoms with van der Waals surface area (Å²) in [5.41, 5.74) is 0.676.